The molecule has 0 unspecified atom stereocenters. The number of piperidine rings is 1. The number of carbonyl (C=O) groups is 1. The molecule has 1 N–H and O–H groups in total. The highest BCUT2D eigenvalue weighted by atomic mass is 16.7. The van der Waals surface area contributed by atoms with E-state index >= 15 is 0 Å². The third kappa shape index (κ3) is 4.09. The first-order chi connectivity index (χ1) is 13.1. The van der Waals surface area contributed by atoms with Gasteiger partial charge in [0, 0.05) is 38.5 Å². The van der Waals surface area contributed by atoms with E-state index in [9.17, 15) is 4.79 Å². The van der Waals surface area contributed by atoms with E-state index in [1.807, 2.05) is 11.0 Å². The predicted molar refractivity (Wildman–Crippen MR) is 100 cm³/mol. The Balaban J connectivity index is 1.37. The van der Waals surface area contributed by atoms with Crippen molar-refractivity contribution in [2.45, 2.75) is 32.1 Å². The Morgan fingerprint density at radius 2 is 1.96 bits per heavy atom. The van der Waals surface area contributed by atoms with Crippen molar-refractivity contribution in [3.8, 4) is 0 Å². The van der Waals surface area contributed by atoms with Gasteiger partial charge in [0.1, 0.15) is 17.8 Å². The number of benzene rings is 1. The fourth-order valence-electron chi connectivity index (χ4n) is 3.58. The van der Waals surface area contributed by atoms with Crippen LogP contribution in [-0.4, -0.2) is 52.9 Å². The highest BCUT2D eigenvalue weighted by Gasteiger charge is 2.41. The summed E-state index contributed by atoms with van der Waals surface area (Å²) in [5.41, 5.74) is 2.78. The fraction of sp³-hybridized carbons (Fsp3) is 0.450. The predicted octanol–water partition coefficient (Wildman–Crippen LogP) is 2.38. The number of rotatable bonds is 4. The molecule has 1 spiro atoms. The Hall–Kier alpha value is -2.51. The van der Waals surface area contributed by atoms with Crippen LogP contribution < -0.4 is 5.32 Å². The first-order valence-electron chi connectivity index (χ1n) is 9.32. The molecule has 7 nitrogen and oxygen atoms in total. The Kier molecular flexibility index (Phi) is 5.05. The van der Waals surface area contributed by atoms with Crippen molar-refractivity contribution in [2.75, 3.05) is 31.6 Å². The van der Waals surface area contributed by atoms with Gasteiger partial charge >= 0.3 is 0 Å². The molecule has 0 atom stereocenters. The van der Waals surface area contributed by atoms with Crippen molar-refractivity contribution in [1.82, 2.24) is 14.9 Å². The standard InChI is InChI=1S/C20H24N4O3/c1-15-3-2-4-16(11-15)13-21-18-12-17(22-14-23-18)19(25)24-7-5-20(6-8-24)26-9-10-27-20/h2-4,11-12,14H,5-10,13H2,1H3,(H,21,22,23). The molecule has 1 amide bonds. The van der Waals surface area contributed by atoms with Gasteiger partial charge in [0.25, 0.3) is 5.91 Å². The van der Waals surface area contributed by atoms with Crippen molar-refractivity contribution in [1.29, 1.82) is 0 Å². The fourth-order valence-corrected chi connectivity index (χ4v) is 3.58. The zero-order valence-electron chi connectivity index (χ0n) is 15.5. The molecule has 142 valence electrons. The molecule has 1 aromatic heterocycles. The molecule has 3 heterocycles. The van der Waals surface area contributed by atoms with Crippen LogP contribution in [-0.2, 0) is 16.0 Å². The molecule has 0 radical (unpaired) electrons. The Labute approximate surface area is 158 Å². The van der Waals surface area contributed by atoms with E-state index in [2.05, 4.69) is 40.4 Å². The van der Waals surface area contributed by atoms with E-state index in [4.69, 9.17) is 9.47 Å². The summed E-state index contributed by atoms with van der Waals surface area (Å²) in [4.78, 5) is 23.0. The monoisotopic (exact) mass is 368 g/mol. The van der Waals surface area contributed by atoms with E-state index in [0.29, 0.717) is 57.2 Å². The minimum Gasteiger partial charge on any atom is -0.366 e. The summed E-state index contributed by atoms with van der Waals surface area (Å²) in [5.74, 6) is 0.0813. The van der Waals surface area contributed by atoms with Crippen molar-refractivity contribution in [3.05, 3.63) is 53.5 Å². The maximum Gasteiger partial charge on any atom is 0.272 e. The molecule has 2 saturated heterocycles. The second-order valence-electron chi connectivity index (χ2n) is 7.03. The normalized spacial score (nSPS) is 18.6. The van der Waals surface area contributed by atoms with Crippen molar-refractivity contribution in [3.63, 3.8) is 0 Å². The van der Waals surface area contributed by atoms with E-state index in [1.165, 1.54) is 17.5 Å². The first-order valence-corrected chi connectivity index (χ1v) is 9.32. The van der Waals surface area contributed by atoms with Crippen LogP contribution in [0.15, 0.2) is 36.7 Å². The summed E-state index contributed by atoms with van der Waals surface area (Å²) >= 11 is 0. The number of anilines is 1. The van der Waals surface area contributed by atoms with Gasteiger partial charge in [-0.25, -0.2) is 9.97 Å². The molecule has 2 aromatic rings. The Morgan fingerprint density at radius 1 is 1.19 bits per heavy atom. The van der Waals surface area contributed by atoms with Crippen LogP contribution in [0, 0.1) is 6.92 Å². The lowest BCUT2D eigenvalue weighted by Crippen LogP contribution is -2.47. The number of hydrogen-bond donors (Lipinski definition) is 1. The van der Waals surface area contributed by atoms with Crippen molar-refractivity contribution < 1.29 is 14.3 Å². The largest absolute Gasteiger partial charge is 0.366 e. The third-order valence-corrected chi connectivity index (χ3v) is 5.07. The van der Waals surface area contributed by atoms with Crippen LogP contribution >= 0.6 is 0 Å². The number of amides is 1. The summed E-state index contributed by atoms with van der Waals surface area (Å²) in [7, 11) is 0. The zero-order valence-corrected chi connectivity index (χ0v) is 15.5. The van der Waals surface area contributed by atoms with E-state index in [1.54, 1.807) is 6.07 Å². The number of likely N-dealkylation sites (tertiary alicyclic amines) is 1. The lowest BCUT2D eigenvalue weighted by molar-refractivity contribution is -0.181. The van der Waals surface area contributed by atoms with E-state index < -0.39 is 5.79 Å². The molecule has 0 saturated carbocycles. The average molecular weight is 368 g/mol. The van der Waals surface area contributed by atoms with Crippen molar-refractivity contribution in [2.24, 2.45) is 0 Å². The number of nitrogens with one attached hydrogen (secondary N) is 1. The lowest BCUT2D eigenvalue weighted by atomic mass is 10.0. The Bertz CT molecular complexity index is 810. The number of ether oxygens (including phenoxy) is 2. The summed E-state index contributed by atoms with van der Waals surface area (Å²) in [5, 5.41) is 3.26. The molecule has 1 aromatic carbocycles. The minimum atomic E-state index is -0.483. The van der Waals surface area contributed by atoms with Gasteiger partial charge in [-0.05, 0) is 12.5 Å². The highest BCUT2D eigenvalue weighted by molar-refractivity contribution is 5.93. The van der Waals surface area contributed by atoms with Crippen LogP contribution in [0.25, 0.3) is 0 Å². The van der Waals surface area contributed by atoms with Crippen LogP contribution in [0.5, 0.6) is 0 Å². The van der Waals surface area contributed by atoms with Gasteiger partial charge in [-0.3, -0.25) is 4.79 Å². The summed E-state index contributed by atoms with van der Waals surface area (Å²) < 4.78 is 11.4. The van der Waals surface area contributed by atoms with Crippen LogP contribution in [0.3, 0.4) is 0 Å². The minimum absolute atomic E-state index is 0.0798. The van der Waals surface area contributed by atoms with Gasteiger partial charge in [-0.2, -0.15) is 0 Å². The third-order valence-electron chi connectivity index (χ3n) is 5.07. The molecule has 0 aliphatic carbocycles. The highest BCUT2D eigenvalue weighted by Crippen LogP contribution is 2.31. The van der Waals surface area contributed by atoms with Crippen LogP contribution in [0.4, 0.5) is 5.82 Å². The average Bonchev–Trinajstić information content (AvgIpc) is 3.15. The summed E-state index contributed by atoms with van der Waals surface area (Å²) in [6, 6.07) is 9.99. The molecule has 7 heteroatoms. The molecule has 2 fully saturated rings. The molecule has 2 aliphatic heterocycles. The smallest absolute Gasteiger partial charge is 0.272 e. The molecule has 4 rings (SSSR count). The number of carbonyl (C=O) groups excluding carboxylic acids is 1. The van der Waals surface area contributed by atoms with E-state index in [-0.39, 0.29) is 5.91 Å². The van der Waals surface area contributed by atoms with Crippen LogP contribution in [0.1, 0.15) is 34.5 Å². The Morgan fingerprint density at radius 3 is 2.70 bits per heavy atom. The van der Waals surface area contributed by atoms with Gasteiger partial charge in [-0.15, -0.1) is 0 Å². The van der Waals surface area contributed by atoms with E-state index in [0.717, 1.165) is 0 Å². The van der Waals surface area contributed by atoms with Gasteiger partial charge in [0.15, 0.2) is 5.79 Å². The molecular formula is C20H24N4O3. The maximum atomic E-state index is 12.8. The molecule has 27 heavy (non-hydrogen) atoms. The number of aryl methyl sites for hydroxylation is 1. The number of nitrogens with zero attached hydrogens (tertiary/aromatic N) is 3. The first kappa shape index (κ1) is 17.9. The lowest BCUT2D eigenvalue weighted by Gasteiger charge is -2.37. The zero-order chi connectivity index (χ0) is 18.7. The maximum absolute atomic E-state index is 12.8. The topological polar surface area (TPSA) is 76.6 Å². The summed E-state index contributed by atoms with van der Waals surface area (Å²) in [6.07, 6.45) is 2.82. The van der Waals surface area contributed by atoms with Gasteiger partial charge in [0.05, 0.1) is 13.2 Å². The van der Waals surface area contributed by atoms with Crippen LogP contribution in [0.2, 0.25) is 0 Å². The van der Waals surface area contributed by atoms with Gasteiger partial charge < -0.3 is 19.7 Å². The number of aromatic nitrogens is 2. The SMILES string of the molecule is Cc1cccc(CNc2cc(C(=O)N3CCC4(CC3)OCCO4)ncn2)c1. The second kappa shape index (κ2) is 7.62. The second-order valence-corrected chi connectivity index (χ2v) is 7.03. The summed E-state index contributed by atoms with van der Waals surface area (Å²) in [6.45, 7) is 5.19. The van der Waals surface area contributed by atoms with Gasteiger partial charge in [-0.1, -0.05) is 29.8 Å². The van der Waals surface area contributed by atoms with Gasteiger partial charge in [0.2, 0.25) is 0 Å². The number of hydrogen-bond acceptors (Lipinski definition) is 6. The molecule has 2 aliphatic rings. The molecular weight excluding hydrogens is 344 g/mol. The quantitative estimate of drug-likeness (QED) is 0.893. The molecule has 0 bridgehead atoms. The van der Waals surface area contributed by atoms with Crippen molar-refractivity contribution >= 4 is 11.7 Å².